The van der Waals surface area contributed by atoms with Gasteiger partial charge in [0.15, 0.2) is 11.6 Å². The van der Waals surface area contributed by atoms with Crippen LogP contribution in [0, 0.1) is 24.5 Å². The lowest BCUT2D eigenvalue weighted by Gasteiger charge is -2.34. The number of aryl methyl sites for hydroxylation is 1. The molecular weight excluding hydrogens is 458 g/mol. The molecule has 0 spiro atoms. The Morgan fingerprint density at radius 3 is 2.68 bits per heavy atom. The van der Waals surface area contributed by atoms with Crippen molar-refractivity contribution >= 4 is 39.1 Å². The van der Waals surface area contributed by atoms with E-state index in [0.29, 0.717) is 41.4 Å². The van der Waals surface area contributed by atoms with Gasteiger partial charge in [0.2, 0.25) is 11.9 Å². The third kappa shape index (κ3) is 4.19. The van der Waals surface area contributed by atoms with Gasteiger partial charge in [-0.3, -0.25) is 9.59 Å². The van der Waals surface area contributed by atoms with Gasteiger partial charge in [0.25, 0.3) is 5.56 Å². The second-order valence-corrected chi connectivity index (χ2v) is 9.34. The van der Waals surface area contributed by atoms with E-state index in [9.17, 15) is 18.4 Å². The molecule has 1 aliphatic rings. The van der Waals surface area contributed by atoms with Crippen molar-refractivity contribution in [1.29, 1.82) is 0 Å². The van der Waals surface area contributed by atoms with Gasteiger partial charge in [0, 0.05) is 24.8 Å². The van der Waals surface area contributed by atoms with E-state index >= 15 is 0 Å². The van der Waals surface area contributed by atoms with Gasteiger partial charge in [-0.2, -0.15) is 0 Å². The number of fused-ring (bicyclic) bond motifs is 1. The van der Waals surface area contributed by atoms with Crippen LogP contribution in [0.1, 0.15) is 18.4 Å². The van der Waals surface area contributed by atoms with Crippen LogP contribution in [0.4, 0.5) is 20.4 Å². The Labute approximate surface area is 198 Å². The van der Waals surface area contributed by atoms with Crippen molar-refractivity contribution in [2.75, 3.05) is 23.3 Å². The maximum absolute atomic E-state index is 13.6. The van der Waals surface area contributed by atoms with E-state index in [0.717, 1.165) is 24.1 Å². The van der Waals surface area contributed by atoms with Crippen LogP contribution in [0.15, 0.2) is 58.7 Å². The molecule has 0 saturated carbocycles. The zero-order valence-electron chi connectivity index (χ0n) is 18.4. The first-order valence-corrected chi connectivity index (χ1v) is 11.9. The lowest BCUT2D eigenvalue weighted by Crippen LogP contribution is -2.43. The predicted octanol–water partition coefficient (Wildman–Crippen LogP) is 4.89. The van der Waals surface area contributed by atoms with Crippen LogP contribution in [0.5, 0.6) is 0 Å². The molecule has 1 amide bonds. The highest BCUT2D eigenvalue weighted by Crippen LogP contribution is 2.27. The van der Waals surface area contributed by atoms with Crippen LogP contribution >= 0.6 is 11.3 Å². The summed E-state index contributed by atoms with van der Waals surface area (Å²) in [5, 5.41) is 4.53. The van der Waals surface area contributed by atoms with Crippen molar-refractivity contribution in [3.8, 4) is 5.69 Å². The highest BCUT2D eigenvalue weighted by Gasteiger charge is 2.29. The number of carbonyl (C=O) groups is 1. The summed E-state index contributed by atoms with van der Waals surface area (Å²) in [4.78, 5) is 33.1. The number of nitrogens with one attached hydrogen (secondary N) is 1. The van der Waals surface area contributed by atoms with E-state index in [2.05, 4.69) is 5.32 Å². The summed E-state index contributed by atoms with van der Waals surface area (Å²) in [6.45, 7) is 2.97. The number of piperidine rings is 1. The number of thiophene rings is 1. The number of hydrogen-bond donors (Lipinski definition) is 1. The molecule has 1 saturated heterocycles. The van der Waals surface area contributed by atoms with E-state index in [1.54, 1.807) is 4.57 Å². The number of amides is 1. The zero-order valence-corrected chi connectivity index (χ0v) is 19.2. The minimum absolute atomic E-state index is 0.146. The molecule has 174 valence electrons. The Bertz CT molecular complexity index is 1430. The molecule has 1 N–H and O–H groups in total. The van der Waals surface area contributed by atoms with E-state index in [-0.39, 0.29) is 17.2 Å². The monoisotopic (exact) mass is 480 g/mol. The highest BCUT2D eigenvalue weighted by atomic mass is 32.1. The van der Waals surface area contributed by atoms with Gasteiger partial charge in [0.1, 0.15) is 4.70 Å². The molecule has 2 aromatic carbocycles. The average molecular weight is 481 g/mol. The molecule has 0 aliphatic carbocycles. The molecule has 4 aromatic rings. The fourth-order valence-corrected chi connectivity index (χ4v) is 4.99. The van der Waals surface area contributed by atoms with E-state index in [4.69, 9.17) is 4.98 Å². The number of aromatic nitrogens is 2. The summed E-state index contributed by atoms with van der Waals surface area (Å²) in [6.07, 6.45) is 1.36. The number of nitrogens with zero attached hydrogens (tertiary/aromatic N) is 3. The van der Waals surface area contributed by atoms with Gasteiger partial charge >= 0.3 is 0 Å². The summed E-state index contributed by atoms with van der Waals surface area (Å²) in [5.74, 6) is -2.17. The van der Waals surface area contributed by atoms with Crippen LogP contribution in [-0.2, 0) is 4.79 Å². The Kier molecular flexibility index (Phi) is 5.87. The van der Waals surface area contributed by atoms with Crippen LogP contribution in [0.25, 0.3) is 15.9 Å². The fourth-order valence-electron chi connectivity index (χ4n) is 4.23. The Balaban J connectivity index is 1.47. The summed E-state index contributed by atoms with van der Waals surface area (Å²) in [5.41, 5.74) is 2.47. The van der Waals surface area contributed by atoms with Gasteiger partial charge in [-0.25, -0.2) is 18.3 Å². The Morgan fingerprint density at radius 2 is 1.91 bits per heavy atom. The molecule has 5 rings (SSSR count). The number of carbonyl (C=O) groups excluding carboxylic acids is 1. The molecule has 1 fully saturated rings. The van der Waals surface area contributed by atoms with Gasteiger partial charge in [-0.15, -0.1) is 11.3 Å². The first kappa shape index (κ1) is 22.2. The molecule has 1 atom stereocenters. The van der Waals surface area contributed by atoms with Crippen LogP contribution in [0.2, 0.25) is 0 Å². The van der Waals surface area contributed by atoms with E-state index < -0.39 is 17.6 Å². The van der Waals surface area contributed by atoms with Crippen molar-refractivity contribution in [1.82, 2.24) is 9.55 Å². The average Bonchev–Trinajstić information content (AvgIpc) is 3.31. The van der Waals surface area contributed by atoms with Crippen LogP contribution in [0.3, 0.4) is 0 Å². The van der Waals surface area contributed by atoms with Crippen molar-refractivity contribution in [3.05, 3.63) is 81.5 Å². The van der Waals surface area contributed by atoms with Gasteiger partial charge < -0.3 is 10.2 Å². The molecule has 9 heteroatoms. The molecular formula is C25H22F2N4O2S. The normalized spacial score (nSPS) is 16.1. The number of anilines is 2. The lowest BCUT2D eigenvalue weighted by atomic mass is 9.97. The predicted molar refractivity (Wildman–Crippen MR) is 130 cm³/mol. The molecule has 2 aromatic heterocycles. The first-order valence-electron chi connectivity index (χ1n) is 11.0. The second-order valence-electron chi connectivity index (χ2n) is 8.43. The van der Waals surface area contributed by atoms with Crippen LogP contribution < -0.4 is 15.8 Å². The molecule has 3 heterocycles. The summed E-state index contributed by atoms with van der Waals surface area (Å²) in [6, 6.07) is 12.8. The number of benzene rings is 2. The maximum Gasteiger partial charge on any atom is 0.277 e. The standard InChI is InChI=1S/C25H22F2N4O2S/c1-15-4-7-18(8-5-15)31-24(33)22-21(10-12-34-22)29-25(31)30-11-2-3-16(14-30)23(32)28-17-6-9-19(26)20(27)13-17/h4-10,12-13,16H,2-3,11,14H2,1H3,(H,28,32)/t16-/m1/s1. The van der Waals surface area contributed by atoms with Gasteiger partial charge in [-0.05, 0) is 55.5 Å². The summed E-state index contributed by atoms with van der Waals surface area (Å²) in [7, 11) is 0. The minimum Gasteiger partial charge on any atom is -0.341 e. The lowest BCUT2D eigenvalue weighted by molar-refractivity contribution is -0.120. The van der Waals surface area contributed by atoms with Gasteiger partial charge in [-0.1, -0.05) is 17.7 Å². The number of hydrogen-bond acceptors (Lipinski definition) is 5. The first-order chi connectivity index (χ1) is 16.4. The third-order valence-corrected chi connectivity index (χ3v) is 6.91. The number of rotatable bonds is 4. The SMILES string of the molecule is Cc1ccc(-n2c(N3CCC[C@@H](C(=O)Nc4ccc(F)c(F)c4)C3)nc3ccsc3c2=O)cc1. The highest BCUT2D eigenvalue weighted by molar-refractivity contribution is 7.17. The molecule has 6 nitrogen and oxygen atoms in total. The van der Waals surface area contributed by atoms with E-state index in [1.165, 1.54) is 17.4 Å². The maximum atomic E-state index is 13.6. The molecule has 1 aliphatic heterocycles. The third-order valence-electron chi connectivity index (χ3n) is 6.02. The fraction of sp³-hybridized carbons (Fsp3) is 0.240. The number of halogens is 2. The smallest absolute Gasteiger partial charge is 0.277 e. The molecule has 0 radical (unpaired) electrons. The zero-order chi connectivity index (χ0) is 23.8. The quantitative estimate of drug-likeness (QED) is 0.452. The Morgan fingerprint density at radius 1 is 1.12 bits per heavy atom. The van der Waals surface area contributed by atoms with E-state index in [1.807, 2.05) is 47.5 Å². The topological polar surface area (TPSA) is 67.2 Å². The largest absolute Gasteiger partial charge is 0.341 e. The second kappa shape index (κ2) is 8.98. The van der Waals surface area contributed by atoms with Gasteiger partial charge in [0.05, 0.1) is 17.1 Å². The van der Waals surface area contributed by atoms with Crippen molar-refractivity contribution in [3.63, 3.8) is 0 Å². The molecule has 34 heavy (non-hydrogen) atoms. The Hall–Kier alpha value is -3.59. The van der Waals surface area contributed by atoms with Crippen molar-refractivity contribution < 1.29 is 13.6 Å². The molecule has 0 unspecified atom stereocenters. The summed E-state index contributed by atoms with van der Waals surface area (Å²) >= 11 is 1.35. The van der Waals surface area contributed by atoms with Crippen molar-refractivity contribution in [2.45, 2.75) is 19.8 Å². The molecule has 0 bridgehead atoms. The minimum atomic E-state index is -1.02. The summed E-state index contributed by atoms with van der Waals surface area (Å²) < 4.78 is 29.0. The van der Waals surface area contributed by atoms with Crippen molar-refractivity contribution in [2.24, 2.45) is 5.92 Å². The van der Waals surface area contributed by atoms with Crippen LogP contribution in [-0.4, -0.2) is 28.5 Å².